The lowest BCUT2D eigenvalue weighted by molar-refractivity contribution is 0.348. The lowest BCUT2D eigenvalue weighted by atomic mass is 9.98. The van der Waals surface area contributed by atoms with Crippen molar-refractivity contribution in [1.82, 2.24) is 5.32 Å². The minimum absolute atomic E-state index is 0.364. The Morgan fingerprint density at radius 2 is 1.48 bits per heavy atom. The number of halogens is 5. The van der Waals surface area contributed by atoms with Gasteiger partial charge in [-0.1, -0.05) is 19.8 Å². The molecule has 21 heavy (non-hydrogen) atoms. The maximum atomic E-state index is 13.9. The number of nitrogens with one attached hydrogen (secondary N) is 1. The van der Waals surface area contributed by atoms with Crippen LogP contribution in [0.1, 0.15) is 50.6 Å². The van der Waals surface area contributed by atoms with Crippen molar-refractivity contribution in [3.8, 4) is 0 Å². The zero-order valence-electron chi connectivity index (χ0n) is 11.8. The molecule has 1 aromatic rings. The Morgan fingerprint density at radius 3 is 1.95 bits per heavy atom. The maximum Gasteiger partial charge on any atom is 0.200 e. The molecule has 2 rings (SSSR count). The van der Waals surface area contributed by atoms with Crippen LogP contribution in [0.3, 0.4) is 0 Å². The van der Waals surface area contributed by atoms with Gasteiger partial charge in [-0.05, 0) is 31.7 Å². The normalized spacial score (nSPS) is 16.3. The molecule has 0 bridgehead atoms. The molecule has 0 aromatic heterocycles. The van der Waals surface area contributed by atoms with Crippen molar-refractivity contribution >= 4 is 0 Å². The Bertz CT molecular complexity index is 484. The average molecular weight is 307 g/mol. The van der Waals surface area contributed by atoms with Crippen molar-refractivity contribution in [3.05, 3.63) is 34.6 Å². The van der Waals surface area contributed by atoms with E-state index in [0.717, 1.165) is 19.3 Å². The Kier molecular flexibility index (Phi) is 5.19. The van der Waals surface area contributed by atoms with Crippen LogP contribution >= 0.6 is 0 Å². The van der Waals surface area contributed by atoms with Crippen LogP contribution in [0.2, 0.25) is 0 Å². The molecule has 1 nitrogen and oxygen atoms in total. The van der Waals surface area contributed by atoms with Gasteiger partial charge in [0.25, 0.3) is 0 Å². The van der Waals surface area contributed by atoms with Crippen LogP contribution in [0.15, 0.2) is 0 Å². The van der Waals surface area contributed by atoms with Crippen molar-refractivity contribution < 1.29 is 22.0 Å². The second-order valence-electron chi connectivity index (χ2n) is 5.51. The van der Waals surface area contributed by atoms with Gasteiger partial charge in [-0.2, -0.15) is 0 Å². The predicted octanol–water partition coefficient (Wildman–Crippen LogP) is 4.61. The van der Waals surface area contributed by atoms with Gasteiger partial charge in [-0.3, -0.25) is 0 Å². The average Bonchev–Trinajstić information content (AvgIpc) is 3.29. The van der Waals surface area contributed by atoms with E-state index in [0.29, 0.717) is 25.3 Å². The number of rotatable bonds is 7. The Labute approximate surface area is 120 Å². The Morgan fingerprint density at radius 1 is 0.952 bits per heavy atom. The summed E-state index contributed by atoms with van der Waals surface area (Å²) in [4.78, 5) is 0. The van der Waals surface area contributed by atoms with Gasteiger partial charge in [-0.15, -0.1) is 0 Å². The molecule has 1 fully saturated rings. The second-order valence-corrected chi connectivity index (χ2v) is 5.51. The zero-order valence-corrected chi connectivity index (χ0v) is 11.8. The quantitative estimate of drug-likeness (QED) is 0.440. The molecule has 1 unspecified atom stereocenters. The van der Waals surface area contributed by atoms with Crippen LogP contribution < -0.4 is 5.32 Å². The monoisotopic (exact) mass is 307 g/mol. The van der Waals surface area contributed by atoms with E-state index in [2.05, 4.69) is 5.32 Å². The number of benzene rings is 1. The van der Waals surface area contributed by atoms with Crippen molar-refractivity contribution in [1.29, 1.82) is 0 Å². The summed E-state index contributed by atoms with van der Waals surface area (Å²) in [5.74, 6) is -8.80. The van der Waals surface area contributed by atoms with Gasteiger partial charge < -0.3 is 5.32 Å². The second kappa shape index (κ2) is 6.73. The molecule has 1 aliphatic rings. The zero-order chi connectivity index (χ0) is 15.6. The summed E-state index contributed by atoms with van der Waals surface area (Å²) in [5.41, 5.74) is -0.736. The minimum Gasteiger partial charge on any atom is -0.310 e. The fourth-order valence-electron chi connectivity index (χ4n) is 2.40. The van der Waals surface area contributed by atoms with E-state index in [1.165, 1.54) is 0 Å². The van der Waals surface area contributed by atoms with Crippen LogP contribution in [-0.2, 0) is 0 Å². The van der Waals surface area contributed by atoms with Gasteiger partial charge in [-0.25, -0.2) is 22.0 Å². The van der Waals surface area contributed by atoms with Crippen molar-refractivity contribution in [2.24, 2.45) is 5.92 Å². The van der Waals surface area contributed by atoms with E-state index in [4.69, 9.17) is 0 Å². The van der Waals surface area contributed by atoms with Crippen LogP contribution in [0.4, 0.5) is 22.0 Å². The Hall–Kier alpha value is -1.17. The van der Waals surface area contributed by atoms with Gasteiger partial charge in [0.05, 0.1) is 0 Å². The van der Waals surface area contributed by atoms with E-state index in [9.17, 15) is 22.0 Å². The summed E-state index contributed by atoms with van der Waals surface area (Å²) in [5, 5.41) is 2.89. The molecule has 0 amide bonds. The molecule has 0 saturated heterocycles. The molecule has 6 heteroatoms. The van der Waals surface area contributed by atoms with Gasteiger partial charge in [0, 0.05) is 11.6 Å². The van der Waals surface area contributed by atoms with Crippen molar-refractivity contribution in [2.75, 3.05) is 6.54 Å². The topological polar surface area (TPSA) is 12.0 Å². The first-order valence-corrected chi connectivity index (χ1v) is 7.22. The molecule has 0 heterocycles. The fourth-order valence-corrected chi connectivity index (χ4v) is 2.40. The highest BCUT2D eigenvalue weighted by Crippen LogP contribution is 2.37. The predicted molar refractivity (Wildman–Crippen MR) is 69.2 cm³/mol. The smallest absolute Gasteiger partial charge is 0.200 e. The summed E-state index contributed by atoms with van der Waals surface area (Å²) < 4.78 is 67.4. The highest BCUT2D eigenvalue weighted by molar-refractivity contribution is 5.27. The molecule has 1 N–H and O–H groups in total. The largest absolute Gasteiger partial charge is 0.310 e. The van der Waals surface area contributed by atoms with Crippen molar-refractivity contribution in [2.45, 2.75) is 45.1 Å². The Balaban J connectivity index is 2.32. The highest BCUT2D eigenvalue weighted by Gasteiger charge is 2.31. The van der Waals surface area contributed by atoms with Crippen LogP contribution in [0.25, 0.3) is 0 Å². The molecule has 118 valence electrons. The van der Waals surface area contributed by atoms with E-state index in [-0.39, 0.29) is 0 Å². The molecule has 0 radical (unpaired) electrons. The fraction of sp³-hybridized carbons (Fsp3) is 0.600. The molecule has 0 aliphatic heterocycles. The van der Waals surface area contributed by atoms with E-state index in [1.807, 2.05) is 6.92 Å². The third kappa shape index (κ3) is 3.54. The van der Waals surface area contributed by atoms with E-state index in [1.54, 1.807) is 0 Å². The standard InChI is InChI=1S/C15H18F5N/c1-2-7-21-9(6-5-8-3-4-8)10-11(16)13(18)15(20)14(19)12(10)17/h8-9,21H,2-7H2,1H3. The van der Waals surface area contributed by atoms with Gasteiger partial charge >= 0.3 is 0 Å². The first kappa shape index (κ1) is 16.2. The lowest BCUT2D eigenvalue weighted by Crippen LogP contribution is -2.26. The summed E-state index contributed by atoms with van der Waals surface area (Å²) in [7, 11) is 0. The van der Waals surface area contributed by atoms with Gasteiger partial charge in [0.2, 0.25) is 5.82 Å². The summed E-state index contributed by atoms with van der Waals surface area (Å²) in [6.07, 6.45) is 3.93. The van der Waals surface area contributed by atoms with Gasteiger partial charge in [0.15, 0.2) is 23.3 Å². The highest BCUT2D eigenvalue weighted by atomic mass is 19.2. The first-order valence-electron chi connectivity index (χ1n) is 7.22. The van der Waals surface area contributed by atoms with E-state index >= 15 is 0 Å². The molecule has 1 atom stereocenters. The van der Waals surface area contributed by atoms with E-state index < -0.39 is 40.7 Å². The third-order valence-electron chi connectivity index (χ3n) is 3.79. The van der Waals surface area contributed by atoms with Crippen LogP contribution in [0.5, 0.6) is 0 Å². The summed E-state index contributed by atoms with van der Waals surface area (Å²) >= 11 is 0. The minimum atomic E-state index is -2.11. The van der Waals surface area contributed by atoms with Crippen LogP contribution in [0, 0.1) is 35.0 Å². The molecule has 0 spiro atoms. The third-order valence-corrected chi connectivity index (χ3v) is 3.79. The SMILES string of the molecule is CCCNC(CCC1CC1)c1c(F)c(F)c(F)c(F)c1F. The molecular weight excluding hydrogens is 289 g/mol. The molecule has 1 aromatic carbocycles. The van der Waals surface area contributed by atoms with Crippen molar-refractivity contribution in [3.63, 3.8) is 0 Å². The number of hydrogen-bond donors (Lipinski definition) is 1. The molecule has 1 aliphatic carbocycles. The summed E-state index contributed by atoms with van der Waals surface area (Å²) in [6.45, 7) is 2.32. The lowest BCUT2D eigenvalue weighted by Gasteiger charge is -2.21. The maximum absolute atomic E-state index is 13.9. The molecular formula is C15H18F5N. The molecule has 1 saturated carbocycles. The van der Waals surface area contributed by atoms with Gasteiger partial charge in [0.1, 0.15) is 0 Å². The number of hydrogen-bond acceptors (Lipinski definition) is 1. The first-order chi connectivity index (χ1) is 9.97. The van der Waals surface area contributed by atoms with Crippen LogP contribution in [-0.4, -0.2) is 6.54 Å². The summed E-state index contributed by atoms with van der Waals surface area (Å²) in [6, 6.07) is -0.852.